The molecule has 1 fully saturated rings. The molecule has 6 nitrogen and oxygen atoms in total. The second kappa shape index (κ2) is 7.72. The summed E-state index contributed by atoms with van der Waals surface area (Å²) in [6.45, 7) is 6.94. The molecule has 140 valence electrons. The van der Waals surface area contributed by atoms with Crippen LogP contribution in [0.25, 0.3) is 0 Å². The molecule has 2 N–H and O–H groups in total. The second-order valence-electron chi connectivity index (χ2n) is 7.53. The Morgan fingerprint density at radius 1 is 1.35 bits per heavy atom. The number of rotatable bonds is 4. The van der Waals surface area contributed by atoms with Crippen LogP contribution in [-0.4, -0.2) is 44.9 Å². The number of carbonyl (C=O) groups is 1. The van der Waals surface area contributed by atoms with Gasteiger partial charge in [0.05, 0.1) is 5.60 Å². The van der Waals surface area contributed by atoms with Crippen LogP contribution in [0.5, 0.6) is 0 Å². The number of nitrogens with one attached hydrogen (secondary N) is 1. The molecule has 2 amide bonds. The maximum Gasteiger partial charge on any atom is 0.323 e. The summed E-state index contributed by atoms with van der Waals surface area (Å²) in [5, 5.41) is 22.7. The van der Waals surface area contributed by atoms with E-state index in [1.165, 1.54) is 22.5 Å². The van der Waals surface area contributed by atoms with Gasteiger partial charge in [0.15, 0.2) is 0 Å². The summed E-state index contributed by atoms with van der Waals surface area (Å²) in [4.78, 5) is 14.3. The summed E-state index contributed by atoms with van der Waals surface area (Å²) in [5.74, 6) is 0.0912. The molecule has 1 aliphatic rings. The van der Waals surface area contributed by atoms with E-state index in [2.05, 4.69) is 46.7 Å². The van der Waals surface area contributed by atoms with Gasteiger partial charge in [-0.1, -0.05) is 41.2 Å². The molecule has 0 unspecified atom stereocenters. The fourth-order valence-corrected chi connectivity index (χ4v) is 3.93. The predicted octanol–water partition coefficient (Wildman–Crippen LogP) is 3.45. The van der Waals surface area contributed by atoms with Gasteiger partial charge < -0.3 is 10.0 Å². The van der Waals surface area contributed by atoms with E-state index >= 15 is 0 Å². The lowest BCUT2D eigenvalue weighted by Crippen LogP contribution is -2.48. The van der Waals surface area contributed by atoms with Crippen LogP contribution in [0.3, 0.4) is 0 Å². The largest absolute Gasteiger partial charge is 0.390 e. The number of hydrogen-bond donors (Lipinski definition) is 2. The zero-order valence-electron chi connectivity index (χ0n) is 15.5. The molecular weight excluding hydrogens is 348 g/mol. The van der Waals surface area contributed by atoms with Gasteiger partial charge in [0.25, 0.3) is 0 Å². The number of likely N-dealkylation sites (tertiary alicyclic amines) is 1. The van der Waals surface area contributed by atoms with Gasteiger partial charge in [0, 0.05) is 25.4 Å². The minimum absolute atomic E-state index is 0.0912. The maximum absolute atomic E-state index is 12.5. The van der Waals surface area contributed by atoms with Crippen LogP contribution in [0.2, 0.25) is 0 Å². The Hall–Kier alpha value is -1.99. The highest BCUT2D eigenvalue weighted by molar-refractivity contribution is 7.15. The maximum atomic E-state index is 12.5. The minimum Gasteiger partial charge on any atom is -0.390 e. The Labute approximate surface area is 158 Å². The van der Waals surface area contributed by atoms with Crippen LogP contribution >= 0.6 is 11.3 Å². The number of urea groups is 1. The van der Waals surface area contributed by atoms with Crippen molar-refractivity contribution in [2.45, 2.75) is 45.6 Å². The first kappa shape index (κ1) is 18.8. The third-order valence-corrected chi connectivity index (χ3v) is 5.70. The Morgan fingerprint density at radius 3 is 2.77 bits per heavy atom. The van der Waals surface area contributed by atoms with Crippen molar-refractivity contribution in [1.29, 1.82) is 0 Å². The Bertz CT molecular complexity index is 752. The third-order valence-electron chi connectivity index (χ3n) is 4.86. The quantitative estimate of drug-likeness (QED) is 0.859. The molecular formula is C19H26N4O2S. The molecule has 0 aliphatic carbocycles. The highest BCUT2D eigenvalue weighted by atomic mass is 32.1. The zero-order chi connectivity index (χ0) is 18.7. The molecule has 0 radical (unpaired) electrons. The van der Waals surface area contributed by atoms with Crippen LogP contribution < -0.4 is 5.32 Å². The molecule has 7 heteroatoms. The van der Waals surface area contributed by atoms with Crippen LogP contribution in [0.1, 0.15) is 42.8 Å². The fraction of sp³-hybridized carbons (Fsp3) is 0.526. The standard InChI is InChI=1S/C19H26N4O2S/c1-13-6-8-14(9-7-13)11-16-21-22-17(26-16)20-18(24)23-10-4-5-15(12-23)19(2,3)25/h6-9,15,25H,4-5,10-12H2,1-3H3,(H,20,22,24)/t15-/m1/s1. The minimum atomic E-state index is -0.775. The molecule has 1 saturated heterocycles. The molecule has 0 saturated carbocycles. The number of aliphatic hydroxyl groups is 1. The van der Waals surface area contributed by atoms with E-state index in [-0.39, 0.29) is 11.9 Å². The molecule has 1 aromatic heterocycles. The van der Waals surface area contributed by atoms with Crippen LogP contribution in [-0.2, 0) is 6.42 Å². The number of carbonyl (C=O) groups excluding carboxylic acids is 1. The molecule has 0 spiro atoms. The van der Waals surface area contributed by atoms with Crippen molar-refractivity contribution >= 4 is 22.5 Å². The van der Waals surface area contributed by atoms with Gasteiger partial charge in [0.2, 0.25) is 5.13 Å². The SMILES string of the molecule is Cc1ccc(Cc2nnc(NC(=O)N3CCC[C@@H](C(C)(C)O)C3)s2)cc1. The van der Waals surface area contributed by atoms with E-state index in [1.54, 1.807) is 18.7 Å². The first-order valence-corrected chi connectivity index (χ1v) is 9.79. The molecule has 3 rings (SSSR count). The summed E-state index contributed by atoms with van der Waals surface area (Å²) >= 11 is 1.40. The lowest BCUT2D eigenvalue weighted by Gasteiger charge is -2.38. The summed E-state index contributed by atoms with van der Waals surface area (Å²) in [5.41, 5.74) is 1.63. The van der Waals surface area contributed by atoms with Crippen molar-refractivity contribution in [2.75, 3.05) is 18.4 Å². The van der Waals surface area contributed by atoms with E-state index < -0.39 is 5.60 Å². The first-order valence-electron chi connectivity index (χ1n) is 8.97. The summed E-state index contributed by atoms with van der Waals surface area (Å²) in [6.07, 6.45) is 2.54. The van der Waals surface area contributed by atoms with Crippen molar-refractivity contribution in [3.05, 3.63) is 40.4 Å². The summed E-state index contributed by atoms with van der Waals surface area (Å²) in [6, 6.07) is 8.15. The number of piperidine rings is 1. The molecule has 1 aromatic carbocycles. The van der Waals surface area contributed by atoms with E-state index in [0.29, 0.717) is 24.6 Å². The van der Waals surface area contributed by atoms with Gasteiger partial charge in [-0.25, -0.2) is 4.79 Å². The predicted molar refractivity (Wildman–Crippen MR) is 104 cm³/mol. The van der Waals surface area contributed by atoms with Crippen molar-refractivity contribution in [2.24, 2.45) is 5.92 Å². The Balaban J connectivity index is 1.58. The molecule has 26 heavy (non-hydrogen) atoms. The van der Waals surface area contributed by atoms with Gasteiger partial charge in [-0.2, -0.15) is 0 Å². The second-order valence-corrected chi connectivity index (χ2v) is 8.59. The fourth-order valence-electron chi connectivity index (χ4n) is 3.16. The number of hydrogen-bond acceptors (Lipinski definition) is 5. The lowest BCUT2D eigenvalue weighted by molar-refractivity contribution is -0.00973. The number of benzene rings is 1. The van der Waals surface area contributed by atoms with Gasteiger partial charge in [-0.15, -0.1) is 10.2 Å². The average Bonchev–Trinajstić information content (AvgIpc) is 3.03. The molecule has 0 bridgehead atoms. The molecule has 1 atom stereocenters. The Morgan fingerprint density at radius 2 is 2.08 bits per heavy atom. The normalized spacial score (nSPS) is 18.0. The van der Waals surface area contributed by atoms with E-state index in [1.807, 2.05) is 0 Å². The number of anilines is 1. The average molecular weight is 375 g/mol. The molecule has 2 heterocycles. The lowest BCUT2D eigenvalue weighted by atomic mass is 9.84. The Kier molecular flexibility index (Phi) is 5.58. The van der Waals surface area contributed by atoms with Crippen LogP contribution in [0, 0.1) is 12.8 Å². The van der Waals surface area contributed by atoms with Crippen molar-refractivity contribution < 1.29 is 9.90 Å². The van der Waals surface area contributed by atoms with E-state index in [4.69, 9.17) is 0 Å². The van der Waals surface area contributed by atoms with E-state index in [0.717, 1.165) is 17.8 Å². The van der Waals surface area contributed by atoms with Crippen molar-refractivity contribution in [3.8, 4) is 0 Å². The number of amides is 2. The smallest absolute Gasteiger partial charge is 0.323 e. The zero-order valence-corrected chi connectivity index (χ0v) is 16.3. The number of nitrogens with zero attached hydrogens (tertiary/aromatic N) is 3. The monoisotopic (exact) mass is 374 g/mol. The number of aryl methyl sites for hydroxylation is 1. The summed E-state index contributed by atoms with van der Waals surface area (Å²) < 4.78 is 0. The van der Waals surface area contributed by atoms with E-state index in [9.17, 15) is 9.90 Å². The topological polar surface area (TPSA) is 78.4 Å². The summed E-state index contributed by atoms with van der Waals surface area (Å²) in [7, 11) is 0. The molecule has 2 aromatic rings. The van der Waals surface area contributed by atoms with Crippen molar-refractivity contribution in [3.63, 3.8) is 0 Å². The van der Waals surface area contributed by atoms with Gasteiger partial charge >= 0.3 is 6.03 Å². The van der Waals surface area contributed by atoms with Gasteiger partial charge in [-0.05, 0) is 39.2 Å². The van der Waals surface area contributed by atoms with Crippen molar-refractivity contribution in [1.82, 2.24) is 15.1 Å². The van der Waals surface area contributed by atoms with Crippen LogP contribution in [0.15, 0.2) is 24.3 Å². The van der Waals surface area contributed by atoms with Gasteiger partial charge in [-0.3, -0.25) is 5.32 Å². The molecule has 1 aliphatic heterocycles. The van der Waals surface area contributed by atoms with Crippen LogP contribution in [0.4, 0.5) is 9.93 Å². The highest BCUT2D eigenvalue weighted by Gasteiger charge is 2.33. The number of aromatic nitrogens is 2. The first-order chi connectivity index (χ1) is 12.3. The highest BCUT2D eigenvalue weighted by Crippen LogP contribution is 2.27. The third kappa shape index (κ3) is 4.80. The van der Waals surface area contributed by atoms with Gasteiger partial charge in [0.1, 0.15) is 5.01 Å².